The molecule has 2 nitrogen and oxygen atoms in total. The zero-order chi connectivity index (χ0) is 9.41. The van der Waals surface area contributed by atoms with E-state index in [0.717, 1.165) is 0 Å². The van der Waals surface area contributed by atoms with Gasteiger partial charge in [-0.2, -0.15) is 17.6 Å². The van der Waals surface area contributed by atoms with Crippen LogP contribution in [-0.2, 0) is 9.47 Å². The van der Waals surface area contributed by atoms with Crippen LogP contribution in [0.5, 0.6) is 0 Å². The van der Waals surface area contributed by atoms with Gasteiger partial charge in [-0.05, 0) is 6.92 Å². The Morgan fingerprint density at radius 2 is 1.33 bits per heavy atom. The summed E-state index contributed by atoms with van der Waals surface area (Å²) in [7, 11) is 0. The number of alkyl halides is 4. The molecule has 12 heavy (non-hydrogen) atoms. The van der Waals surface area contributed by atoms with Crippen LogP contribution < -0.4 is 0 Å². The lowest BCUT2D eigenvalue weighted by atomic mass is 10.2. The van der Waals surface area contributed by atoms with Gasteiger partial charge in [0.05, 0.1) is 0 Å². The molecule has 0 aromatic rings. The molecule has 72 valence electrons. The van der Waals surface area contributed by atoms with E-state index >= 15 is 0 Å². The summed E-state index contributed by atoms with van der Waals surface area (Å²) in [4.78, 5) is 0. The lowest BCUT2D eigenvalue weighted by Crippen LogP contribution is -2.45. The zero-order valence-corrected chi connectivity index (χ0v) is 6.32. The summed E-state index contributed by atoms with van der Waals surface area (Å²) in [6.45, 7) is -1.32. The van der Waals surface area contributed by atoms with E-state index in [9.17, 15) is 17.6 Å². The topological polar surface area (TPSA) is 18.5 Å². The molecule has 0 atom stereocenters. The van der Waals surface area contributed by atoms with Crippen LogP contribution in [0.25, 0.3) is 0 Å². The number of hydrogen-bond acceptors (Lipinski definition) is 2. The third kappa shape index (κ3) is 1.69. The highest BCUT2D eigenvalue weighted by Gasteiger charge is 2.58. The Morgan fingerprint density at radius 3 is 1.67 bits per heavy atom. The minimum absolute atomic E-state index is 1.01. The number of hydrogen-bond donors (Lipinski definition) is 0. The summed E-state index contributed by atoms with van der Waals surface area (Å²) in [5.41, 5.74) is 0. The smallest absolute Gasteiger partial charge is 0.335 e. The SMILES string of the molecule is CC1OCC(F)(F)C(F)(F)CO1. The first kappa shape index (κ1) is 9.73. The van der Waals surface area contributed by atoms with Crippen molar-refractivity contribution >= 4 is 0 Å². The Balaban J connectivity index is 2.74. The molecule has 1 aliphatic heterocycles. The summed E-state index contributed by atoms with van der Waals surface area (Å²) in [5, 5.41) is 0. The zero-order valence-electron chi connectivity index (χ0n) is 6.32. The van der Waals surface area contributed by atoms with Gasteiger partial charge in [0.2, 0.25) is 0 Å². The third-order valence-electron chi connectivity index (χ3n) is 1.53. The molecule has 0 N–H and O–H groups in total. The number of ether oxygens (including phenoxy) is 2. The van der Waals surface area contributed by atoms with Crippen molar-refractivity contribution in [2.24, 2.45) is 0 Å². The highest BCUT2D eigenvalue weighted by atomic mass is 19.3. The normalized spacial score (nSPS) is 29.8. The van der Waals surface area contributed by atoms with E-state index in [1.54, 1.807) is 0 Å². The summed E-state index contributed by atoms with van der Waals surface area (Å²) in [6, 6.07) is 0. The standard InChI is InChI=1S/C6H8F4O2/c1-4-11-2-5(7,8)6(9,10)3-12-4/h4H,2-3H2,1H3. The van der Waals surface area contributed by atoms with Crippen molar-refractivity contribution in [3.05, 3.63) is 0 Å². The van der Waals surface area contributed by atoms with E-state index in [-0.39, 0.29) is 0 Å². The fraction of sp³-hybridized carbons (Fsp3) is 1.00. The average Bonchev–Trinajstić information content (AvgIpc) is 2.02. The van der Waals surface area contributed by atoms with Crippen molar-refractivity contribution in [2.45, 2.75) is 25.1 Å². The second-order valence-electron chi connectivity index (χ2n) is 2.60. The van der Waals surface area contributed by atoms with Gasteiger partial charge in [0, 0.05) is 0 Å². The van der Waals surface area contributed by atoms with Gasteiger partial charge >= 0.3 is 11.8 Å². The molecule has 0 aromatic heterocycles. The van der Waals surface area contributed by atoms with E-state index in [1.165, 1.54) is 6.92 Å². The Morgan fingerprint density at radius 1 is 1.00 bits per heavy atom. The molecule has 1 heterocycles. The van der Waals surface area contributed by atoms with E-state index in [1.807, 2.05) is 0 Å². The van der Waals surface area contributed by atoms with E-state index in [0.29, 0.717) is 0 Å². The van der Waals surface area contributed by atoms with E-state index < -0.39 is 31.3 Å². The Labute approximate surface area is 66.4 Å². The fourth-order valence-electron chi connectivity index (χ4n) is 0.703. The third-order valence-corrected chi connectivity index (χ3v) is 1.53. The molecule has 0 amide bonds. The molecule has 0 spiro atoms. The van der Waals surface area contributed by atoms with E-state index in [4.69, 9.17) is 0 Å². The Kier molecular flexibility index (Phi) is 2.31. The van der Waals surface area contributed by atoms with Crippen LogP contribution in [0.1, 0.15) is 6.92 Å². The maximum absolute atomic E-state index is 12.5. The predicted octanol–water partition coefficient (Wildman–Crippen LogP) is 1.65. The molecule has 0 unspecified atom stereocenters. The highest BCUT2D eigenvalue weighted by Crippen LogP contribution is 2.36. The molecule has 6 heteroatoms. The largest absolute Gasteiger partial charge is 0.346 e. The number of rotatable bonds is 0. The maximum Gasteiger partial charge on any atom is 0.335 e. The van der Waals surface area contributed by atoms with Gasteiger partial charge in [0.25, 0.3) is 0 Å². The minimum Gasteiger partial charge on any atom is -0.346 e. The molecule has 0 aromatic carbocycles. The van der Waals surface area contributed by atoms with E-state index in [2.05, 4.69) is 9.47 Å². The molecule has 0 saturated carbocycles. The van der Waals surface area contributed by atoms with Gasteiger partial charge in [0.1, 0.15) is 13.2 Å². The first-order chi connectivity index (χ1) is 5.35. The van der Waals surface area contributed by atoms with Crippen LogP contribution in [-0.4, -0.2) is 31.3 Å². The number of halogens is 4. The van der Waals surface area contributed by atoms with Crippen LogP contribution in [0.2, 0.25) is 0 Å². The average molecular weight is 188 g/mol. The van der Waals surface area contributed by atoms with Gasteiger partial charge < -0.3 is 9.47 Å². The maximum atomic E-state index is 12.5. The predicted molar refractivity (Wildman–Crippen MR) is 31.3 cm³/mol. The van der Waals surface area contributed by atoms with Crippen molar-refractivity contribution in [2.75, 3.05) is 13.2 Å². The molecule has 0 bridgehead atoms. The molecule has 1 aliphatic rings. The first-order valence-electron chi connectivity index (χ1n) is 3.34. The fourth-order valence-corrected chi connectivity index (χ4v) is 0.703. The summed E-state index contributed by atoms with van der Waals surface area (Å²) in [5.74, 6) is -8.28. The highest BCUT2D eigenvalue weighted by molar-refractivity contribution is 4.86. The second kappa shape index (κ2) is 2.85. The molecule has 0 aliphatic carbocycles. The van der Waals surface area contributed by atoms with Crippen LogP contribution >= 0.6 is 0 Å². The van der Waals surface area contributed by atoms with Crippen molar-refractivity contribution in [3.8, 4) is 0 Å². The van der Waals surface area contributed by atoms with Crippen molar-refractivity contribution < 1.29 is 27.0 Å². The summed E-state index contributed by atoms with van der Waals surface area (Å²) >= 11 is 0. The van der Waals surface area contributed by atoms with Crippen LogP contribution in [0.15, 0.2) is 0 Å². The van der Waals surface area contributed by atoms with Crippen LogP contribution in [0, 0.1) is 0 Å². The van der Waals surface area contributed by atoms with Gasteiger partial charge in [-0.15, -0.1) is 0 Å². The molecular formula is C6H8F4O2. The van der Waals surface area contributed by atoms with Gasteiger partial charge in [-0.1, -0.05) is 0 Å². The van der Waals surface area contributed by atoms with Crippen LogP contribution in [0.4, 0.5) is 17.6 Å². The molecule has 1 fully saturated rings. The van der Waals surface area contributed by atoms with Crippen molar-refractivity contribution in [3.63, 3.8) is 0 Å². The Bertz CT molecular complexity index is 153. The monoisotopic (exact) mass is 188 g/mol. The lowest BCUT2D eigenvalue weighted by Gasteiger charge is -2.21. The molecule has 1 rings (SSSR count). The van der Waals surface area contributed by atoms with Gasteiger partial charge in [-0.3, -0.25) is 0 Å². The molecular weight excluding hydrogens is 180 g/mol. The summed E-state index contributed by atoms with van der Waals surface area (Å²) in [6.07, 6.45) is -1.01. The molecule has 0 radical (unpaired) electrons. The minimum atomic E-state index is -4.14. The van der Waals surface area contributed by atoms with Crippen LogP contribution in [0.3, 0.4) is 0 Å². The first-order valence-corrected chi connectivity index (χ1v) is 3.34. The summed E-state index contributed by atoms with van der Waals surface area (Å²) < 4.78 is 58.4. The van der Waals surface area contributed by atoms with Gasteiger partial charge in [-0.25, -0.2) is 0 Å². The lowest BCUT2D eigenvalue weighted by molar-refractivity contribution is -0.222. The van der Waals surface area contributed by atoms with Gasteiger partial charge in [0.15, 0.2) is 6.29 Å². The quantitative estimate of drug-likeness (QED) is 0.538. The van der Waals surface area contributed by atoms with Crippen molar-refractivity contribution in [1.29, 1.82) is 0 Å². The Hall–Kier alpha value is -0.360. The molecule has 1 saturated heterocycles. The second-order valence-corrected chi connectivity index (χ2v) is 2.60. The van der Waals surface area contributed by atoms with Crippen molar-refractivity contribution in [1.82, 2.24) is 0 Å².